The molecule has 2 heterocycles. The van der Waals surface area contributed by atoms with E-state index in [9.17, 15) is 9.18 Å². The number of ether oxygens (including phenoxy) is 1. The standard InChI is InChI=1S/C21H16FNO4/c1-2-13-9-21(24)27-18-10-16(7-8-17(13)18)25-12-20-23-11-19(26-20)14-3-5-15(22)6-4-14/h3-11H,2,12H2,1H3. The highest BCUT2D eigenvalue weighted by Crippen LogP contribution is 2.25. The number of fused-ring (bicyclic) bond motifs is 1. The summed E-state index contributed by atoms with van der Waals surface area (Å²) in [6, 6.07) is 12.8. The number of hydrogen-bond acceptors (Lipinski definition) is 5. The molecule has 0 radical (unpaired) electrons. The second-order valence-electron chi connectivity index (χ2n) is 6.02. The summed E-state index contributed by atoms with van der Waals surface area (Å²) in [5, 5.41) is 0.888. The Bertz CT molecular complexity index is 1150. The Hall–Kier alpha value is -3.41. The van der Waals surface area contributed by atoms with Gasteiger partial charge in [-0.05, 0) is 48.4 Å². The second-order valence-corrected chi connectivity index (χ2v) is 6.02. The third-order valence-corrected chi connectivity index (χ3v) is 4.23. The molecule has 0 unspecified atom stereocenters. The number of halogens is 1. The molecular formula is C21H16FNO4. The average Bonchev–Trinajstić information content (AvgIpc) is 3.15. The Labute approximate surface area is 154 Å². The first-order valence-corrected chi connectivity index (χ1v) is 8.52. The van der Waals surface area contributed by atoms with E-state index >= 15 is 0 Å². The SMILES string of the molecule is CCc1cc(=O)oc2cc(OCc3ncc(-c4ccc(F)cc4)o3)ccc12. The molecule has 0 amide bonds. The number of hydrogen-bond donors (Lipinski definition) is 0. The van der Waals surface area contributed by atoms with E-state index < -0.39 is 0 Å². The van der Waals surface area contributed by atoms with Gasteiger partial charge in [0.15, 0.2) is 12.4 Å². The summed E-state index contributed by atoms with van der Waals surface area (Å²) in [6.45, 7) is 2.10. The molecule has 0 N–H and O–H groups in total. The summed E-state index contributed by atoms with van der Waals surface area (Å²) in [7, 11) is 0. The van der Waals surface area contributed by atoms with Crippen molar-refractivity contribution in [2.45, 2.75) is 20.0 Å². The van der Waals surface area contributed by atoms with E-state index in [1.165, 1.54) is 18.2 Å². The molecule has 0 saturated carbocycles. The van der Waals surface area contributed by atoms with Gasteiger partial charge in [-0.15, -0.1) is 0 Å². The minimum atomic E-state index is -0.381. The fourth-order valence-corrected chi connectivity index (χ4v) is 2.86. The molecule has 0 aliphatic heterocycles. The normalized spacial score (nSPS) is 11.0. The van der Waals surface area contributed by atoms with Crippen LogP contribution in [0.25, 0.3) is 22.3 Å². The summed E-state index contributed by atoms with van der Waals surface area (Å²) >= 11 is 0. The Morgan fingerprint density at radius 1 is 1.07 bits per heavy atom. The summed E-state index contributed by atoms with van der Waals surface area (Å²) in [5.41, 5.74) is 1.77. The van der Waals surface area contributed by atoms with Crippen molar-refractivity contribution in [3.63, 3.8) is 0 Å². The average molecular weight is 365 g/mol. The van der Waals surface area contributed by atoms with Gasteiger partial charge in [0.05, 0.1) is 6.20 Å². The number of aryl methyl sites for hydroxylation is 1. The monoisotopic (exact) mass is 365 g/mol. The van der Waals surface area contributed by atoms with Gasteiger partial charge in [-0.1, -0.05) is 6.92 Å². The van der Waals surface area contributed by atoms with Crippen LogP contribution in [0.15, 0.2) is 68.4 Å². The van der Waals surface area contributed by atoms with E-state index in [1.54, 1.807) is 24.4 Å². The Morgan fingerprint density at radius 3 is 2.67 bits per heavy atom. The molecular weight excluding hydrogens is 349 g/mol. The van der Waals surface area contributed by atoms with Crippen LogP contribution in [0.4, 0.5) is 4.39 Å². The lowest BCUT2D eigenvalue weighted by molar-refractivity contribution is 0.264. The zero-order valence-corrected chi connectivity index (χ0v) is 14.6. The van der Waals surface area contributed by atoms with Gasteiger partial charge in [0.2, 0.25) is 5.89 Å². The molecule has 4 aromatic rings. The van der Waals surface area contributed by atoms with Crippen molar-refractivity contribution < 1.29 is 18.0 Å². The molecule has 2 aromatic carbocycles. The zero-order valence-electron chi connectivity index (χ0n) is 14.6. The van der Waals surface area contributed by atoms with E-state index in [2.05, 4.69) is 4.98 Å². The molecule has 0 saturated heterocycles. The van der Waals surface area contributed by atoms with Gasteiger partial charge in [-0.2, -0.15) is 0 Å². The lowest BCUT2D eigenvalue weighted by Crippen LogP contribution is -2.00. The van der Waals surface area contributed by atoms with Crippen LogP contribution < -0.4 is 10.4 Å². The largest absolute Gasteiger partial charge is 0.484 e. The quantitative estimate of drug-likeness (QED) is 0.479. The van der Waals surface area contributed by atoms with Crippen LogP contribution >= 0.6 is 0 Å². The minimum absolute atomic E-state index is 0.115. The van der Waals surface area contributed by atoms with Crippen molar-refractivity contribution in [2.75, 3.05) is 0 Å². The second kappa shape index (κ2) is 7.07. The molecule has 27 heavy (non-hydrogen) atoms. The molecule has 5 nitrogen and oxygen atoms in total. The van der Waals surface area contributed by atoms with Gasteiger partial charge in [-0.25, -0.2) is 14.2 Å². The molecule has 0 atom stereocenters. The fourth-order valence-electron chi connectivity index (χ4n) is 2.86. The van der Waals surface area contributed by atoms with Crippen LogP contribution in [0.3, 0.4) is 0 Å². The van der Waals surface area contributed by atoms with Crippen molar-refractivity contribution in [1.29, 1.82) is 0 Å². The maximum atomic E-state index is 13.0. The van der Waals surface area contributed by atoms with Crippen LogP contribution in [0.1, 0.15) is 18.4 Å². The predicted octanol–water partition coefficient (Wildman–Crippen LogP) is 4.73. The van der Waals surface area contributed by atoms with Crippen LogP contribution in [0.2, 0.25) is 0 Å². The van der Waals surface area contributed by atoms with Gasteiger partial charge in [0.1, 0.15) is 17.1 Å². The van der Waals surface area contributed by atoms with Gasteiger partial charge in [0, 0.05) is 23.1 Å². The number of aromatic nitrogens is 1. The number of rotatable bonds is 5. The summed E-state index contributed by atoms with van der Waals surface area (Å²) in [4.78, 5) is 15.8. The van der Waals surface area contributed by atoms with Crippen molar-refractivity contribution in [2.24, 2.45) is 0 Å². The molecule has 136 valence electrons. The van der Waals surface area contributed by atoms with E-state index in [4.69, 9.17) is 13.6 Å². The third kappa shape index (κ3) is 3.60. The first-order chi connectivity index (χ1) is 13.1. The van der Waals surface area contributed by atoms with Crippen molar-refractivity contribution in [3.8, 4) is 17.1 Å². The van der Waals surface area contributed by atoms with Gasteiger partial charge >= 0.3 is 5.63 Å². The molecule has 2 aromatic heterocycles. The summed E-state index contributed by atoms with van der Waals surface area (Å²) in [5.74, 6) is 1.15. The fraction of sp³-hybridized carbons (Fsp3) is 0.143. The first kappa shape index (κ1) is 17.0. The molecule has 0 spiro atoms. The summed E-state index contributed by atoms with van der Waals surface area (Å²) in [6.07, 6.45) is 2.31. The highest BCUT2D eigenvalue weighted by molar-refractivity contribution is 5.81. The van der Waals surface area contributed by atoms with Crippen molar-refractivity contribution in [3.05, 3.63) is 82.4 Å². The van der Waals surface area contributed by atoms with Gasteiger partial charge < -0.3 is 13.6 Å². The van der Waals surface area contributed by atoms with Crippen LogP contribution in [-0.4, -0.2) is 4.98 Å². The lowest BCUT2D eigenvalue weighted by Gasteiger charge is -2.06. The molecule has 4 rings (SSSR count). The van der Waals surface area contributed by atoms with Crippen molar-refractivity contribution in [1.82, 2.24) is 4.98 Å². The molecule has 6 heteroatoms. The Morgan fingerprint density at radius 2 is 1.89 bits per heavy atom. The third-order valence-electron chi connectivity index (χ3n) is 4.23. The molecule has 0 aliphatic rings. The Kier molecular flexibility index (Phi) is 4.46. The van der Waals surface area contributed by atoms with E-state index in [0.29, 0.717) is 23.0 Å². The van der Waals surface area contributed by atoms with Crippen molar-refractivity contribution >= 4 is 11.0 Å². The van der Waals surface area contributed by atoms with E-state index in [0.717, 1.165) is 22.9 Å². The topological polar surface area (TPSA) is 65.5 Å². The highest BCUT2D eigenvalue weighted by atomic mass is 19.1. The van der Waals surface area contributed by atoms with E-state index in [-0.39, 0.29) is 18.0 Å². The molecule has 0 aliphatic carbocycles. The van der Waals surface area contributed by atoms with E-state index in [1.807, 2.05) is 19.1 Å². The number of nitrogens with zero attached hydrogens (tertiary/aromatic N) is 1. The molecule has 0 bridgehead atoms. The van der Waals surface area contributed by atoms with Crippen LogP contribution in [0, 0.1) is 5.82 Å². The smallest absolute Gasteiger partial charge is 0.336 e. The summed E-state index contributed by atoms with van der Waals surface area (Å²) < 4.78 is 29.6. The van der Waals surface area contributed by atoms with Crippen LogP contribution in [0.5, 0.6) is 5.75 Å². The Balaban J connectivity index is 1.52. The number of oxazole rings is 1. The van der Waals surface area contributed by atoms with Crippen LogP contribution in [-0.2, 0) is 13.0 Å². The highest BCUT2D eigenvalue weighted by Gasteiger charge is 2.09. The maximum Gasteiger partial charge on any atom is 0.336 e. The first-order valence-electron chi connectivity index (χ1n) is 8.52. The maximum absolute atomic E-state index is 13.0. The minimum Gasteiger partial charge on any atom is -0.484 e. The zero-order chi connectivity index (χ0) is 18.8. The number of benzene rings is 2. The predicted molar refractivity (Wildman–Crippen MR) is 98.1 cm³/mol. The van der Waals surface area contributed by atoms with Gasteiger partial charge in [-0.3, -0.25) is 0 Å². The van der Waals surface area contributed by atoms with Gasteiger partial charge in [0.25, 0.3) is 0 Å². The molecule has 0 fully saturated rings. The lowest BCUT2D eigenvalue weighted by atomic mass is 10.1.